The van der Waals surface area contributed by atoms with Gasteiger partial charge in [-0.3, -0.25) is 4.79 Å². The number of aromatic nitrogens is 2. The third-order valence-corrected chi connectivity index (χ3v) is 2.00. The lowest BCUT2D eigenvalue weighted by Crippen LogP contribution is -2.34. The molecule has 0 aliphatic carbocycles. The molecule has 1 aromatic heterocycles. The van der Waals surface area contributed by atoms with E-state index in [0.717, 1.165) is 0 Å². The third-order valence-electron chi connectivity index (χ3n) is 2.00. The lowest BCUT2D eigenvalue weighted by atomic mass is 10.4. The molecule has 6 nitrogen and oxygen atoms in total. The van der Waals surface area contributed by atoms with E-state index in [-0.39, 0.29) is 5.91 Å². The van der Waals surface area contributed by atoms with Gasteiger partial charge in [0.15, 0.2) is 6.29 Å². The summed E-state index contributed by atoms with van der Waals surface area (Å²) < 4.78 is 11.5. The molecule has 0 aliphatic rings. The molecular formula is C9H15N3O3. The zero-order valence-corrected chi connectivity index (χ0v) is 9.06. The van der Waals surface area contributed by atoms with Crippen molar-refractivity contribution in [2.75, 3.05) is 20.8 Å². The Morgan fingerprint density at radius 2 is 2.27 bits per heavy atom. The van der Waals surface area contributed by atoms with Crippen molar-refractivity contribution in [2.45, 2.75) is 6.29 Å². The quantitative estimate of drug-likeness (QED) is 0.686. The highest BCUT2D eigenvalue weighted by Crippen LogP contribution is 1.96. The van der Waals surface area contributed by atoms with E-state index < -0.39 is 6.29 Å². The van der Waals surface area contributed by atoms with Crippen LogP contribution in [0.4, 0.5) is 0 Å². The average molecular weight is 213 g/mol. The molecule has 0 saturated heterocycles. The van der Waals surface area contributed by atoms with E-state index in [1.54, 1.807) is 17.9 Å². The van der Waals surface area contributed by atoms with Crippen molar-refractivity contribution in [3.8, 4) is 0 Å². The van der Waals surface area contributed by atoms with Crippen molar-refractivity contribution in [2.24, 2.45) is 7.05 Å². The predicted molar refractivity (Wildman–Crippen MR) is 53.3 cm³/mol. The Kier molecular flexibility index (Phi) is 4.26. The number of aryl methyl sites for hydroxylation is 1. The van der Waals surface area contributed by atoms with E-state index in [1.165, 1.54) is 20.4 Å². The van der Waals surface area contributed by atoms with Crippen LogP contribution in [-0.2, 0) is 16.5 Å². The number of carbonyl (C=O) groups is 1. The number of nitrogens with zero attached hydrogens (tertiary/aromatic N) is 2. The molecule has 6 heteroatoms. The van der Waals surface area contributed by atoms with E-state index in [4.69, 9.17) is 9.47 Å². The summed E-state index contributed by atoms with van der Waals surface area (Å²) in [7, 11) is 4.79. The lowest BCUT2D eigenvalue weighted by molar-refractivity contribution is -0.0974. The van der Waals surface area contributed by atoms with Gasteiger partial charge in [0, 0.05) is 21.3 Å². The minimum atomic E-state index is -0.429. The maximum Gasteiger partial charge on any atom is 0.269 e. The molecule has 1 N–H and O–H groups in total. The molecule has 0 bridgehead atoms. The van der Waals surface area contributed by atoms with Crippen LogP contribution < -0.4 is 5.32 Å². The van der Waals surface area contributed by atoms with E-state index in [0.29, 0.717) is 12.2 Å². The second-order valence-electron chi connectivity index (χ2n) is 3.00. The van der Waals surface area contributed by atoms with Gasteiger partial charge in [-0.25, -0.2) is 4.98 Å². The van der Waals surface area contributed by atoms with Crippen LogP contribution in [0, 0.1) is 0 Å². The van der Waals surface area contributed by atoms with Crippen molar-refractivity contribution in [3.63, 3.8) is 0 Å². The number of carbonyl (C=O) groups excluding carboxylic acids is 1. The van der Waals surface area contributed by atoms with Gasteiger partial charge >= 0.3 is 0 Å². The monoisotopic (exact) mass is 213 g/mol. The molecule has 0 fully saturated rings. The second kappa shape index (κ2) is 5.47. The average Bonchev–Trinajstić information content (AvgIpc) is 2.66. The van der Waals surface area contributed by atoms with E-state index in [2.05, 4.69) is 10.3 Å². The van der Waals surface area contributed by atoms with Crippen molar-refractivity contribution in [3.05, 3.63) is 18.2 Å². The molecule has 0 saturated carbocycles. The van der Waals surface area contributed by atoms with Crippen LogP contribution in [0.15, 0.2) is 12.5 Å². The highest BCUT2D eigenvalue weighted by molar-refractivity contribution is 5.92. The topological polar surface area (TPSA) is 65.4 Å². The van der Waals surface area contributed by atoms with Gasteiger partial charge < -0.3 is 19.4 Å². The summed E-state index contributed by atoms with van der Waals surface area (Å²) in [5, 5.41) is 2.68. The summed E-state index contributed by atoms with van der Waals surface area (Å²) in [6, 6.07) is 0. The number of methoxy groups -OCH3 is 2. The van der Waals surface area contributed by atoms with E-state index in [9.17, 15) is 4.79 Å². The van der Waals surface area contributed by atoms with Crippen LogP contribution >= 0.6 is 0 Å². The second-order valence-corrected chi connectivity index (χ2v) is 3.00. The van der Waals surface area contributed by atoms with Crippen molar-refractivity contribution in [1.29, 1.82) is 0 Å². The minimum Gasteiger partial charge on any atom is -0.354 e. The van der Waals surface area contributed by atoms with Crippen LogP contribution in [-0.4, -0.2) is 42.5 Å². The SMILES string of the molecule is COC(CNC(=O)c1cncn1C)OC. The molecule has 1 heterocycles. The molecule has 0 radical (unpaired) electrons. The summed E-state index contributed by atoms with van der Waals surface area (Å²) in [4.78, 5) is 15.4. The van der Waals surface area contributed by atoms with Crippen molar-refractivity contribution >= 4 is 5.91 Å². The zero-order chi connectivity index (χ0) is 11.3. The minimum absolute atomic E-state index is 0.200. The number of rotatable bonds is 5. The molecule has 0 aliphatic heterocycles. The Bertz CT molecular complexity index is 320. The summed E-state index contributed by atoms with van der Waals surface area (Å²) >= 11 is 0. The maximum atomic E-state index is 11.6. The first-order valence-corrected chi connectivity index (χ1v) is 4.49. The summed E-state index contributed by atoms with van der Waals surface area (Å²) in [5.41, 5.74) is 0.501. The number of imidazole rings is 1. The summed E-state index contributed by atoms with van der Waals surface area (Å²) in [6.07, 6.45) is 2.64. The van der Waals surface area contributed by atoms with Crippen LogP contribution in [0.3, 0.4) is 0 Å². The maximum absolute atomic E-state index is 11.6. The smallest absolute Gasteiger partial charge is 0.269 e. The van der Waals surface area contributed by atoms with Crippen LogP contribution in [0.1, 0.15) is 10.5 Å². The number of ether oxygens (including phenoxy) is 2. The molecule has 84 valence electrons. The molecule has 0 aromatic carbocycles. The largest absolute Gasteiger partial charge is 0.354 e. The Morgan fingerprint density at radius 3 is 2.73 bits per heavy atom. The van der Waals surface area contributed by atoms with E-state index in [1.807, 2.05) is 0 Å². The highest BCUT2D eigenvalue weighted by atomic mass is 16.7. The van der Waals surface area contributed by atoms with Crippen molar-refractivity contribution in [1.82, 2.24) is 14.9 Å². The first kappa shape index (κ1) is 11.7. The van der Waals surface area contributed by atoms with E-state index >= 15 is 0 Å². The Balaban J connectivity index is 2.47. The third kappa shape index (κ3) is 3.03. The first-order chi connectivity index (χ1) is 7.19. The van der Waals surface area contributed by atoms with Gasteiger partial charge in [0.05, 0.1) is 19.1 Å². The normalized spacial score (nSPS) is 10.7. The van der Waals surface area contributed by atoms with Gasteiger partial charge in [-0.1, -0.05) is 0 Å². The molecule has 0 unspecified atom stereocenters. The number of hydrogen-bond acceptors (Lipinski definition) is 4. The molecule has 1 aromatic rings. The number of amides is 1. The zero-order valence-electron chi connectivity index (χ0n) is 9.06. The Morgan fingerprint density at radius 1 is 1.60 bits per heavy atom. The molecular weight excluding hydrogens is 198 g/mol. The van der Waals surface area contributed by atoms with Crippen molar-refractivity contribution < 1.29 is 14.3 Å². The first-order valence-electron chi connectivity index (χ1n) is 4.49. The lowest BCUT2D eigenvalue weighted by Gasteiger charge is -2.13. The fourth-order valence-electron chi connectivity index (χ4n) is 1.11. The summed E-state index contributed by atoms with van der Waals surface area (Å²) in [6.45, 7) is 0.303. The highest BCUT2D eigenvalue weighted by Gasteiger charge is 2.11. The van der Waals surface area contributed by atoms with Gasteiger partial charge in [-0.2, -0.15) is 0 Å². The molecule has 1 amide bonds. The standard InChI is InChI=1S/C9H15N3O3/c1-12-6-10-4-7(12)9(13)11-5-8(14-2)15-3/h4,6,8H,5H2,1-3H3,(H,11,13). The van der Waals surface area contributed by atoms with Crippen LogP contribution in [0.5, 0.6) is 0 Å². The van der Waals surface area contributed by atoms with Gasteiger partial charge in [0.2, 0.25) is 0 Å². The molecule has 0 atom stereocenters. The fourth-order valence-corrected chi connectivity index (χ4v) is 1.11. The molecule has 0 spiro atoms. The predicted octanol–water partition coefficient (Wildman–Crippen LogP) is -0.231. The van der Waals surface area contributed by atoms with Gasteiger partial charge in [0.25, 0.3) is 5.91 Å². The van der Waals surface area contributed by atoms with Crippen LogP contribution in [0.2, 0.25) is 0 Å². The molecule has 15 heavy (non-hydrogen) atoms. The Hall–Kier alpha value is -1.40. The van der Waals surface area contributed by atoms with Gasteiger partial charge in [-0.05, 0) is 0 Å². The van der Waals surface area contributed by atoms with Gasteiger partial charge in [-0.15, -0.1) is 0 Å². The fraction of sp³-hybridized carbons (Fsp3) is 0.556. The number of nitrogens with one attached hydrogen (secondary N) is 1. The molecule has 1 rings (SSSR count). The summed E-state index contributed by atoms with van der Waals surface area (Å²) in [5.74, 6) is -0.200. The number of hydrogen-bond donors (Lipinski definition) is 1. The van der Waals surface area contributed by atoms with Gasteiger partial charge in [0.1, 0.15) is 5.69 Å². The Labute approximate surface area is 88.2 Å². The van der Waals surface area contributed by atoms with Crippen LogP contribution in [0.25, 0.3) is 0 Å².